The fourth-order valence-corrected chi connectivity index (χ4v) is 4.37. The van der Waals surface area contributed by atoms with Crippen LogP contribution in [0.25, 0.3) is 0 Å². The van der Waals surface area contributed by atoms with E-state index >= 15 is 0 Å². The van der Waals surface area contributed by atoms with E-state index in [0.29, 0.717) is 6.54 Å². The van der Waals surface area contributed by atoms with Crippen molar-refractivity contribution in [1.29, 1.82) is 0 Å². The molecule has 0 bridgehead atoms. The Bertz CT molecular complexity index is 755. The first-order valence-corrected chi connectivity index (χ1v) is 9.75. The zero-order valence-electron chi connectivity index (χ0n) is 14.5. The maximum absolute atomic E-state index is 12.6. The average Bonchev–Trinajstić information content (AvgIpc) is 3.36. The summed E-state index contributed by atoms with van der Waals surface area (Å²) in [5, 5.41) is 0. The molecular formula is C19H23N3O2S. The summed E-state index contributed by atoms with van der Waals surface area (Å²) in [5.74, 6) is 1.91. The van der Waals surface area contributed by atoms with Gasteiger partial charge in [-0.1, -0.05) is 0 Å². The van der Waals surface area contributed by atoms with Gasteiger partial charge in [-0.2, -0.15) is 0 Å². The first-order valence-electron chi connectivity index (χ1n) is 8.93. The van der Waals surface area contributed by atoms with Crippen molar-refractivity contribution in [3.8, 4) is 5.75 Å². The standard InChI is InChI=1S/C19H23N3O2S/c1-14-6-7-17(25-14)19(23)22-12-8-15(13-22)24-16-5-4-9-20-18(16)21-10-2-3-11-21/h4-7,9,15H,2-3,8,10-13H2,1H3/t15-/m1/s1. The molecule has 4 rings (SSSR count). The molecule has 1 atom stereocenters. The van der Waals surface area contributed by atoms with Crippen molar-refractivity contribution >= 4 is 23.1 Å². The van der Waals surface area contributed by atoms with Gasteiger partial charge in [0.15, 0.2) is 11.6 Å². The summed E-state index contributed by atoms with van der Waals surface area (Å²) < 4.78 is 6.25. The quantitative estimate of drug-likeness (QED) is 0.842. The van der Waals surface area contributed by atoms with Gasteiger partial charge >= 0.3 is 0 Å². The van der Waals surface area contributed by atoms with Crippen LogP contribution in [0.1, 0.15) is 33.8 Å². The average molecular weight is 357 g/mol. The Morgan fingerprint density at radius 1 is 1.24 bits per heavy atom. The molecule has 1 amide bonds. The van der Waals surface area contributed by atoms with E-state index in [0.717, 1.165) is 42.5 Å². The number of carbonyl (C=O) groups excluding carboxylic acids is 1. The van der Waals surface area contributed by atoms with E-state index in [1.807, 2.05) is 42.3 Å². The summed E-state index contributed by atoms with van der Waals surface area (Å²) in [4.78, 5) is 23.3. The number of nitrogens with zero attached hydrogens (tertiary/aromatic N) is 3. The van der Waals surface area contributed by atoms with E-state index in [2.05, 4.69) is 9.88 Å². The minimum atomic E-state index is 0.0376. The SMILES string of the molecule is Cc1ccc(C(=O)N2CC[C@@H](Oc3cccnc3N3CCCC3)C2)s1. The van der Waals surface area contributed by atoms with Crippen molar-refractivity contribution in [3.63, 3.8) is 0 Å². The van der Waals surface area contributed by atoms with E-state index < -0.39 is 0 Å². The zero-order chi connectivity index (χ0) is 17.2. The second kappa shape index (κ2) is 7.04. The number of aryl methyl sites for hydroxylation is 1. The molecular weight excluding hydrogens is 334 g/mol. The normalized spacial score (nSPS) is 20.3. The van der Waals surface area contributed by atoms with Crippen LogP contribution in [0.15, 0.2) is 30.5 Å². The lowest BCUT2D eigenvalue weighted by molar-refractivity contribution is 0.0777. The predicted molar refractivity (Wildman–Crippen MR) is 99.7 cm³/mol. The van der Waals surface area contributed by atoms with Gasteiger partial charge in [0.05, 0.1) is 11.4 Å². The molecule has 2 saturated heterocycles. The lowest BCUT2D eigenvalue weighted by Crippen LogP contribution is -2.30. The molecule has 0 saturated carbocycles. The molecule has 25 heavy (non-hydrogen) atoms. The number of rotatable bonds is 4. The van der Waals surface area contributed by atoms with Crippen LogP contribution in [0.4, 0.5) is 5.82 Å². The largest absolute Gasteiger partial charge is 0.485 e. The van der Waals surface area contributed by atoms with Crippen molar-refractivity contribution < 1.29 is 9.53 Å². The van der Waals surface area contributed by atoms with E-state index in [1.165, 1.54) is 17.7 Å². The first-order chi connectivity index (χ1) is 12.2. The van der Waals surface area contributed by atoms with Gasteiger partial charge in [-0.25, -0.2) is 4.98 Å². The summed E-state index contributed by atoms with van der Waals surface area (Å²) in [6.07, 6.45) is 5.15. The van der Waals surface area contributed by atoms with Gasteiger partial charge in [0.2, 0.25) is 0 Å². The molecule has 2 aromatic rings. The number of amides is 1. The molecule has 0 N–H and O–H groups in total. The second-order valence-electron chi connectivity index (χ2n) is 6.71. The van der Waals surface area contributed by atoms with Crippen LogP contribution >= 0.6 is 11.3 Å². The highest BCUT2D eigenvalue weighted by atomic mass is 32.1. The number of hydrogen-bond acceptors (Lipinski definition) is 5. The Morgan fingerprint density at radius 2 is 2.08 bits per heavy atom. The van der Waals surface area contributed by atoms with Crippen LogP contribution in [-0.4, -0.2) is 48.1 Å². The van der Waals surface area contributed by atoms with Crippen molar-refractivity contribution in [2.75, 3.05) is 31.1 Å². The van der Waals surface area contributed by atoms with Gasteiger partial charge in [-0.3, -0.25) is 4.79 Å². The zero-order valence-corrected chi connectivity index (χ0v) is 15.3. The number of ether oxygens (including phenoxy) is 1. The first kappa shape index (κ1) is 16.4. The third-order valence-electron chi connectivity index (χ3n) is 4.83. The molecule has 6 heteroatoms. The molecule has 2 fully saturated rings. The Balaban J connectivity index is 1.42. The second-order valence-corrected chi connectivity index (χ2v) is 8.00. The van der Waals surface area contributed by atoms with Gasteiger partial charge in [-0.15, -0.1) is 11.3 Å². The predicted octanol–water partition coefficient (Wildman–Crippen LogP) is 3.35. The maximum atomic E-state index is 12.6. The lowest BCUT2D eigenvalue weighted by atomic mass is 10.3. The summed E-state index contributed by atoms with van der Waals surface area (Å²) in [6, 6.07) is 7.83. The Morgan fingerprint density at radius 3 is 2.84 bits per heavy atom. The number of hydrogen-bond donors (Lipinski definition) is 0. The molecule has 2 aromatic heterocycles. The third-order valence-corrected chi connectivity index (χ3v) is 5.82. The highest BCUT2D eigenvalue weighted by Gasteiger charge is 2.30. The summed E-state index contributed by atoms with van der Waals surface area (Å²) in [5.41, 5.74) is 0. The van der Waals surface area contributed by atoms with Crippen molar-refractivity contribution in [2.45, 2.75) is 32.3 Å². The minimum Gasteiger partial charge on any atom is -0.485 e. The highest BCUT2D eigenvalue weighted by Crippen LogP contribution is 2.30. The number of pyridine rings is 1. The smallest absolute Gasteiger partial charge is 0.264 e. The van der Waals surface area contributed by atoms with Crippen LogP contribution in [0.5, 0.6) is 5.75 Å². The summed E-state index contributed by atoms with van der Waals surface area (Å²) in [7, 11) is 0. The fraction of sp³-hybridized carbons (Fsp3) is 0.474. The topological polar surface area (TPSA) is 45.7 Å². The van der Waals surface area contributed by atoms with Crippen LogP contribution in [0.3, 0.4) is 0 Å². The van der Waals surface area contributed by atoms with Crippen LogP contribution in [0.2, 0.25) is 0 Å². The Labute approximate surface area is 152 Å². The van der Waals surface area contributed by atoms with Gasteiger partial charge < -0.3 is 14.5 Å². The van der Waals surface area contributed by atoms with Crippen molar-refractivity contribution in [1.82, 2.24) is 9.88 Å². The highest BCUT2D eigenvalue weighted by molar-refractivity contribution is 7.13. The number of thiophene rings is 1. The Kier molecular flexibility index (Phi) is 4.61. The molecule has 0 aromatic carbocycles. The molecule has 132 valence electrons. The van der Waals surface area contributed by atoms with Crippen molar-refractivity contribution in [3.05, 3.63) is 40.2 Å². The van der Waals surface area contributed by atoms with Gasteiger partial charge in [-0.05, 0) is 44.0 Å². The maximum Gasteiger partial charge on any atom is 0.264 e. The number of likely N-dealkylation sites (tertiary alicyclic amines) is 1. The number of aromatic nitrogens is 1. The number of anilines is 1. The van der Waals surface area contributed by atoms with Gasteiger partial charge in [0.25, 0.3) is 5.91 Å². The monoisotopic (exact) mass is 357 g/mol. The van der Waals surface area contributed by atoms with Crippen LogP contribution < -0.4 is 9.64 Å². The molecule has 2 aliphatic heterocycles. The van der Waals surface area contributed by atoms with E-state index in [9.17, 15) is 4.79 Å². The van der Waals surface area contributed by atoms with E-state index in [1.54, 1.807) is 11.3 Å². The Hall–Kier alpha value is -2.08. The molecule has 5 nitrogen and oxygen atoms in total. The summed E-state index contributed by atoms with van der Waals surface area (Å²) >= 11 is 1.56. The van der Waals surface area contributed by atoms with Gasteiger partial charge in [0.1, 0.15) is 6.10 Å². The van der Waals surface area contributed by atoms with Crippen molar-refractivity contribution in [2.24, 2.45) is 0 Å². The lowest BCUT2D eigenvalue weighted by Gasteiger charge is -2.22. The van der Waals surface area contributed by atoms with Crippen LogP contribution in [-0.2, 0) is 0 Å². The molecule has 0 aliphatic carbocycles. The molecule has 2 aliphatic rings. The fourth-order valence-electron chi connectivity index (χ4n) is 3.53. The number of carbonyl (C=O) groups is 1. The van der Waals surface area contributed by atoms with Crippen LogP contribution in [0, 0.1) is 6.92 Å². The minimum absolute atomic E-state index is 0.0376. The molecule has 0 radical (unpaired) electrons. The third kappa shape index (κ3) is 3.49. The molecule has 0 unspecified atom stereocenters. The van der Waals surface area contributed by atoms with E-state index in [-0.39, 0.29) is 12.0 Å². The van der Waals surface area contributed by atoms with E-state index in [4.69, 9.17) is 4.74 Å². The molecule has 4 heterocycles. The summed E-state index contributed by atoms with van der Waals surface area (Å²) in [6.45, 7) is 5.50. The molecule has 0 spiro atoms. The van der Waals surface area contributed by atoms with Gasteiger partial charge in [0, 0.05) is 37.1 Å².